The Hall–Kier alpha value is -2.04. The van der Waals surface area contributed by atoms with Crippen LogP contribution in [0, 0.1) is 5.92 Å². The van der Waals surface area contributed by atoms with E-state index in [1.165, 1.54) is 0 Å². The molecule has 90 valence electrons. The number of benzene rings is 1. The molecule has 0 aromatic heterocycles. The topological polar surface area (TPSA) is 93.5 Å². The third-order valence-corrected chi connectivity index (χ3v) is 2.97. The zero-order valence-electron chi connectivity index (χ0n) is 9.68. The molecule has 5 heteroatoms. The van der Waals surface area contributed by atoms with Gasteiger partial charge in [-0.1, -0.05) is 13.0 Å². The molecular formula is C12H16N4O. The highest BCUT2D eigenvalue weighted by molar-refractivity contribution is 6.03. The average Bonchev–Trinajstić information content (AvgIpc) is 2.32. The minimum atomic E-state index is -0.195. The molecule has 0 saturated carbocycles. The first kappa shape index (κ1) is 11.4. The molecule has 0 amide bonds. The number of carbonyl (C=O) groups excluding carboxylic acids is 1. The van der Waals surface area contributed by atoms with Gasteiger partial charge in [0.1, 0.15) is 6.29 Å². The van der Waals surface area contributed by atoms with Crippen molar-refractivity contribution in [1.82, 2.24) is 5.43 Å². The fraction of sp³-hybridized carbons (Fsp3) is 0.333. The Labute approximate surface area is 99.9 Å². The zero-order chi connectivity index (χ0) is 12.4. The van der Waals surface area contributed by atoms with E-state index in [1.807, 2.05) is 19.1 Å². The van der Waals surface area contributed by atoms with Gasteiger partial charge in [0.15, 0.2) is 0 Å². The SMILES string of the molecule is CC1CC(C=O)NN=C1c1ccc(N)c(N)c1. The number of nitrogens with zero attached hydrogens (tertiary/aromatic N) is 1. The van der Waals surface area contributed by atoms with Gasteiger partial charge in [0, 0.05) is 11.5 Å². The van der Waals surface area contributed by atoms with Crippen molar-refractivity contribution in [3.63, 3.8) is 0 Å². The number of aldehydes is 1. The van der Waals surface area contributed by atoms with Crippen LogP contribution in [0.5, 0.6) is 0 Å². The molecule has 1 heterocycles. The molecule has 1 aromatic carbocycles. The van der Waals surface area contributed by atoms with E-state index in [-0.39, 0.29) is 12.0 Å². The summed E-state index contributed by atoms with van der Waals surface area (Å²) < 4.78 is 0. The van der Waals surface area contributed by atoms with Crippen LogP contribution in [-0.4, -0.2) is 18.0 Å². The number of carbonyl (C=O) groups is 1. The third-order valence-electron chi connectivity index (χ3n) is 2.97. The Bertz CT molecular complexity index is 470. The quantitative estimate of drug-likeness (QED) is 0.518. The molecule has 5 nitrogen and oxygen atoms in total. The number of anilines is 2. The highest BCUT2D eigenvalue weighted by Crippen LogP contribution is 2.22. The fourth-order valence-electron chi connectivity index (χ4n) is 1.98. The molecular weight excluding hydrogens is 216 g/mol. The van der Waals surface area contributed by atoms with Gasteiger partial charge < -0.3 is 16.3 Å². The Kier molecular flexibility index (Phi) is 2.99. The number of rotatable bonds is 2. The van der Waals surface area contributed by atoms with Gasteiger partial charge in [-0.15, -0.1) is 0 Å². The van der Waals surface area contributed by atoms with Gasteiger partial charge in [0.25, 0.3) is 0 Å². The van der Waals surface area contributed by atoms with Gasteiger partial charge in [-0.05, 0) is 18.6 Å². The van der Waals surface area contributed by atoms with Crippen LogP contribution in [0.2, 0.25) is 0 Å². The molecule has 0 fully saturated rings. The van der Waals surface area contributed by atoms with Gasteiger partial charge in [-0.3, -0.25) is 5.43 Å². The largest absolute Gasteiger partial charge is 0.397 e. The summed E-state index contributed by atoms with van der Waals surface area (Å²) in [5.41, 5.74) is 17.2. The second-order valence-electron chi connectivity index (χ2n) is 4.35. The summed E-state index contributed by atoms with van der Waals surface area (Å²) in [7, 11) is 0. The third kappa shape index (κ3) is 2.22. The maximum Gasteiger partial charge on any atom is 0.143 e. The molecule has 0 spiro atoms. The Morgan fingerprint density at radius 3 is 2.76 bits per heavy atom. The lowest BCUT2D eigenvalue weighted by Gasteiger charge is -2.24. The number of nitrogen functional groups attached to an aromatic ring is 2. The van der Waals surface area contributed by atoms with E-state index in [2.05, 4.69) is 10.5 Å². The molecule has 2 unspecified atom stereocenters. The maximum atomic E-state index is 10.7. The van der Waals surface area contributed by atoms with E-state index in [1.54, 1.807) is 6.07 Å². The molecule has 5 N–H and O–H groups in total. The Morgan fingerprint density at radius 2 is 2.18 bits per heavy atom. The first-order valence-electron chi connectivity index (χ1n) is 5.55. The monoisotopic (exact) mass is 232 g/mol. The first-order chi connectivity index (χ1) is 8.11. The van der Waals surface area contributed by atoms with Crippen molar-refractivity contribution in [3.05, 3.63) is 23.8 Å². The lowest BCUT2D eigenvalue weighted by molar-refractivity contribution is -0.109. The van der Waals surface area contributed by atoms with Crippen molar-refractivity contribution in [3.8, 4) is 0 Å². The highest BCUT2D eigenvalue weighted by Gasteiger charge is 2.23. The van der Waals surface area contributed by atoms with Crippen LogP contribution in [-0.2, 0) is 4.79 Å². The fourth-order valence-corrected chi connectivity index (χ4v) is 1.98. The first-order valence-corrected chi connectivity index (χ1v) is 5.55. The van der Waals surface area contributed by atoms with Gasteiger partial charge in [0.2, 0.25) is 0 Å². The Balaban J connectivity index is 2.30. The summed E-state index contributed by atoms with van der Waals surface area (Å²) in [6, 6.07) is 5.28. The van der Waals surface area contributed by atoms with Crippen molar-refractivity contribution < 1.29 is 4.79 Å². The molecule has 1 aliphatic heterocycles. The average molecular weight is 232 g/mol. The van der Waals surface area contributed by atoms with Crippen molar-refractivity contribution in [2.75, 3.05) is 11.5 Å². The number of hydrogen-bond donors (Lipinski definition) is 3. The molecule has 2 atom stereocenters. The van der Waals surface area contributed by atoms with Crippen molar-refractivity contribution in [2.24, 2.45) is 11.0 Å². The smallest absolute Gasteiger partial charge is 0.143 e. The van der Waals surface area contributed by atoms with Crippen LogP contribution in [0.25, 0.3) is 0 Å². The van der Waals surface area contributed by atoms with Crippen LogP contribution in [0.4, 0.5) is 11.4 Å². The summed E-state index contributed by atoms with van der Waals surface area (Å²) in [4.78, 5) is 10.7. The van der Waals surface area contributed by atoms with E-state index < -0.39 is 0 Å². The predicted octanol–water partition coefficient (Wildman–Crippen LogP) is 0.752. The minimum absolute atomic E-state index is 0.195. The minimum Gasteiger partial charge on any atom is -0.397 e. The van der Waals surface area contributed by atoms with Crippen LogP contribution < -0.4 is 16.9 Å². The molecule has 2 rings (SSSR count). The maximum absolute atomic E-state index is 10.7. The van der Waals surface area contributed by atoms with E-state index >= 15 is 0 Å². The van der Waals surface area contributed by atoms with Crippen LogP contribution >= 0.6 is 0 Å². The normalized spacial score (nSPS) is 23.7. The van der Waals surface area contributed by atoms with Gasteiger partial charge in [-0.2, -0.15) is 5.10 Å². The number of hydrazone groups is 1. The zero-order valence-corrected chi connectivity index (χ0v) is 9.68. The van der Waals surface area contributed by atoms with Crippen molar-refractivity contribution >= 4 is 23.4 Å². The molecule has 0 saturated heterocycles. The summed E-state index contributed by atoms with van der Waals surface area (Å²) in [5, 5.41) is 4.24. The van der Waals surface area contributed by atoms with Gasteiger partial charge in [-0.25, -0.2) is 0 Å². The van der Waals surface area contributed by atoms with E-state index in [4.69, 9.17) is 11.5 Å². The van der Waals surface area contributed by atoms with E-state index in [0.29, 0.717) is 11.4 Å². The summed E-state index contributed by atoms with van der Waals surface area (Å²) >= 11 is 0. The summed E-state index contributed by atoms with van der Waals surface area (Å²) in [6.45, 7) is 2.04. The molecule has 0 aliphatic carbocycles. The van der Waals surface area contributed by atoms with Crippen molar-refractivity contribution in [1.29, 1.82) is 0 Å². The van der Waals surface area contributed by atoms with Crippen LogP contribution in [0.3, 0.4) is 0 Å². The van der Waals surface area contributed by atoms with Gasteiger partial charge >= 0.3 is 0 Å². The number of hydrogen-bond acceptors (Lipinski definition) is 5. The second-order valence-corrected chi connectivity index (χ2v) is 4.35. The highest BCUT2D eigenvalue weighted by atomic mass is 16.1. The molecule has 0 bridgehead atoms. The standard InChI is InChI=1S/C12H16N4O/c1-7-4-9(6-17)15-16-12(7)8-2-3-10(13)11(14)5-8/h2-3,5-7,9,15H,4,13-14H2,1H3. The number of nitrogens with two attached hydrogens (primary N) is 2. The van der Waals surface area contributed by atoms with Gasteiger partial charge in [0.05, 0.1) is 23.1 Å². The summed E-state index contributed by atoms with van der Waals surface area (Å²) in [5.74, 6) is 0.217. The predicted molar refractivity (Wildman–Crippen MR) is 68.6 cm³/mol. The Morgan fingerprint density at radius 1 is 1.41 bits per heavy atom. The van der Waals surface area contributed by atoms with Crippen LogP contribution in [0.15, 0.2) is 23.3 Å². The molecule has 1 aromatic rings. The molecule has 0 radical (unpaired) electrons. The number of nitrogens with one attached hydrogen (secondary N) is 1. The molecule has 1 aliphatic rings. The second kappa shape index (κ2) is 4.45. The van der Waals surface area contributed by atoms with Crippen LogP contribution in [0.1, 0.15) is 18.9 Å². The lowest BCUT2D eigenvalue weighted by Crippen LogP contribution is -2.37. The van der Waals surface area contributed by atoms with Crippen molar-refractivity contribution in [2.45, 2.75) is 19.4 Å². The lowest BCUT2D eigenvalue weighted by atomic mass is 9.91. The molecule has 17 heavy (non-hydrogen) atoms. The van der Waals surface area contributed by atoms with E-state index in [9.17, 15) is 4.79 Å². The van der Waals surface area contributed by atoms with E-state index in [0.717, 1.165) is 24.0 Å². The summed E-state index contributed by atoms with van der Waals surface area (Å²) in [6.07, 6.45) is 1.63.